The Bertz CT molecular complexity index is 1360. The maximum Gasteiger partial charge on any atom is 0.303 e. The summed E-state index contributed by atoms with van der Waals surface area (Å²) in [6.07, 6.45) is 6.49. The Morgan fingerprint density at radius 3 is 2.61 bits per heavy atom. The van der Waals surface area contributed by atoms with Crippen LogP contribution in [0, 0.1) is 5.41 Å². The van der Waals surface area contributed by atoms with Crippen molar-refractivity contribution in [2.24, 2.45) is 5.41 Å². The second-order valence-corrected chi connectivity index (χ2v) is 12.3. The van der Waals surface area contributed by atoms with Gasteiger partial charge >= 0.3 is 5.97 Å². The van der Waals surface area contributed by atoms with E-state index < -0.39 is 5.97 Å². The molecule has 2 aromatic carbocycles. The molecule has 38 heavy (non-hydrogen) atoms. The van der Waals surface area contributed by atoms with Gasteiger partial charge in [-0.15, -0.1) is 0 Å². The Hall–Kier alpha value is -2.89. The summed E-state index contributed by atoms with van der Waals surface area (Å²) < 4.78 is 0. The molecule has 0 aliphatic rings. The SMILES string of the molecule is CC(C)(CC[C@H](SCCc1ccccn1)c1cccc(CCc2ccc3ccc(Cl)cc3n2)c1)CC(=O)O. The van der Waals surface area contributed by atoms with Crippen LogP contribution in [0.15, 0.2) is 79.0 Å². The minimum atomic E-state index is -0.735. The number of pyridine rings is 2. The number of aliphatic carboxylic acids is 1. The summed E-state index contributed by atoms with van der Waals surface area (Å²) in [6, 6.07) is 24.9. The molecule has 4 aromatic rings. The van der Waals surface area contributed by atoms with E-state index in [1.807, 2.05) is 48.3 Å². The largest absolute Gasteiger partial charge is 0.481 e. The average molecular weight is 547 g/mol. The van der Waals surface area contributed by atoms with Crippen molar-refractivity contribution in [3.63, 3.8) is 0 Å². The zero-order valence-corrected chi connectivity index (χ0v) is 23.6. The van der Waals surface area contributed by atoms with Gasteiger partial charge in [0.15, 0.2) is 0 Å². The Kier molecular flexibility index (Phi) is 9.81. The minimum absolute atomic E-state index is 0.183. The number of aryl methyl sites for hydroxylation is 3. The molecule has 0 amide bonds. The van der Waals surface area contributed by atoms with Crippen molar-refractivity contribution in [3.8, 4) is 0 Å². The summed E-state index contributed by atoms with van der Waals surface area (Å²) in [5, 5.41) is 11.4. The lowest BCUT2D eigenvalue weighted by Crippen LogP contribution is -2.17. The van der Waals surface area contributed by atoms with Crippen LogP contribution in [0.1, 0.15) is 60.9 Å². The second kappa shape index (κ2) is 13.3. The third-order valence-corrected chi connectivity index (χ3v) is 8.41. The number of nitrogens with zero attached hydrogens (tertiary/aromatic N) is 2. The van der Waals surface area contributed by atoms with E-state index in [0.717, 1.165) is 60.1 Å². The fraction of sp³-hybridized carbons (Fsp3) is 0.344. The van der Waals surface area contributed by atoms with Gasteiger partial charge in [-0.05, 0) is 84.7 Å². The predicted molar refractivity (Wildman–Crippen MR) is 159 cm³/mol. The molecule has 6 heteroatoms. The quantitative estimate of drug-likeness (QED) is 0.182. The third-order valence-electron chi connectivity index (χ3n) is 6.82. The van der Waals surface area contributed by atoms with E-state index in [4.69, 9.17) is 16.6 Å². The molecule has 198 valence electrons. The normalized spacial score (nSPS) is 12.5. The molecular weight excluding hydrogens is 512 g/mol. The van der Waals surface area contributed by atoms with Gasteiger partial charge in [0.2, 0.25) is 0 Å². The highest BCUT2D eigenvalue weighted by Gasteiger charge is 2.24. The first kappa shape index (κ1) is 28.1. The van der Waals surface area contributed by atoms with E-state index in [2.05, 4.69) is 61.3 Å². The summed E-state index contributed by atoms with van der Waals surface area (Å²) in [7, 11) is 0. The number of halogens is 1. The van der Waals surface area contributed by atoms with E-state index in [-0.39, 0.29) is 11.8 Å². The van der Waals surface area contributed by atoms with Crippen LogP contribution in [0.3, 0.4) is 0 Å². The monoisotopic (exact) mass is 546 g/mol. The van der Waals surface area contributed by atoms with Crippen LogP contribution >= 0.6 is 23.4 Å². The third kappa shape index (κ3) is 8.57. The lowest BCUT2D eigenvalue weighted by Gasteiger charge is -2.26. The number of carbonyl (C=O) groups is 1. The van der Waals surface area contributed by atoms with E-state index in [9.17, 15) is 9.90 Å². The van der Waals surface area contributed by atoms with E-state index >= 15 is 0 Å². The molecule has 0 aliphatic carbocycles. The number of carboxylic acid groups (broad SMARTS) is 1. The Morgan fingerprint density at radius 2 is 1.82 bits per heavy atom. The van der Waals surface area contributed by atoms with Gasteiger partial charge in [0.05, 0.1) is 11.9 Å². The molecule has 0 radical (unpaired) electrons. The number of hydrogen-bond acceptors (Lipinski definition) is 4. The number of carboxylic acids is 1. The van der Waals surface area contributed by atoms with Gasteiger partial charge in [0, 0.05) is 33.2 Å². The van der Waals surface area contributed by atoms with Crippen molar-refractivity contribution in [2.75, 3.05) is 5.75 Å². The van der Waals surface area contributed by atoms with Crippen molar-refractivity contribution in [1.29, 1.82) is 0 Å². The number of benzene rings is 2. The summed E-state index contributed by atoms with van der Waals surface area (Å²) in [6.45, 7) is 4.10. The first-order chi connectivity index (χ1) is 18.3. The molecule has 0 spiro atoms. The highest BCUT2D eigenvalue weighted by Crippen LogP contribution is 2.39. The lowest BCUT2D eigenvalue weighted by atomic mass is 9.83. The molecule has 0 fully saturated rings. The van der Waals surface area contributed by atoms with Crippen LogP contribution in [-0.4, -0.2) is 26.8 Å². The van der Waals surface area contributed by atoms with Gasteiger partial charge in [0.1, 0.15) is 0 Å². The number of rotatable bonds is 13. The Balaban J connectivity index is 1.45. The van der Waals surface area contributed by atoms with E-state index in [1.54, 1.807) is 0 Å². The van der Waals surface area contributed by atoms with Crippen molar-refractivity contribution in [3.05, 3.63) is 107 Å². The fourth-order valence-corrected chi connectivity index (χ4v) is 6.11. The van der Waals surface area contributed by atoms with E-state index in [1.165, 1.54) is 11.1 Å². The molecule has 4 nitrogen and oxygen atoms in total. The van der Waals surface area contributed by atoms with Gasteiger partial charge in [-0.1, -0.05) is 67.9 Å². The van der Waals surface area contributed by atoms with Crippen LogP contribution in [-0.2, 0) is 24.1 Å². The standard InChI is InChI=1S/C32H35ClN2O2S/c1-32(2,22-31(36)37)17-15-30(38-19-16-27-8-3-4-18-34-27)25-7-5-6-23(20-25)9-13-28-14-11-24-10-12-26(33)21-29(24)35-28/h3-8,10-12,14,18,20-21,30H,9,13,15-17,19,22H2,1-2H3,(H,36,37)/t30-/m0/s1. The van der Waals surface area contributed by atoms with Crippen LogP contribution in [0.4, 0.5) is 0 Å². The van der Waals surface area contributed by atoms with Crippen LogP contribution in [0.5, 0.6) is 0 Å². The highest BCUT2D eigenvalue weighted by molar-refractivity contribution is 7.99. The summed E-state index contributed by atoms with van der Waals surface area (Å²) >= 11 is 8.11. The van der Waals surface area contributed by atoms with Crippen molar-refractivity contribution < 1.29 is 9.90 Å². The van der Waals surface area contributed by atoms with Crippen molar-refractivity contribution in [1.82, 2.24) is 9.97 Å². The number of hydrogen-bond donors (Lipinski definition) is 1. The van der Waals surface area contributed by atoms with Gasteiger partial charge in [-0.25, -0.2) is 0 Å². The first-order valence-corrected chi connectivity index (χ1v) is 14.6. The van der Waals surface area contributed by atoms with Gasteiger partial charge < -0.3 is 5.11 Å². The summed E-state index contributed by atoms with van der Waals surface area (Å²) in [5.41, 5.74) is 5.43. The topological polar surface area (TPSA) is 63.1 Å². The molecule has 0 aliphatic heterocycles. The molecule has 0 saturated carbocycles. The van der Waals surface area contributed by atoms with Crippen LogP contribution in [0.2, 0.25) is 5.02 Å². The molecule has 1 atom stereocenters. The van der Waals surface area contributed by atoms with Crippen molar-refractivity contribution in [2.45, 2.75) is 57.6 Å². The number of thioether (sulfide) groups is 1. The Labute approximate surface area is 234 Å². The first-order valence-electron chi connectivity index (χ1n) is 13.1. The molecule has 0 unspecified atom stereocenters. The van der Waals surface area contributed by atoms with Crippen molar-refractivity contribution >= 4 is 40.2 Å². The van der Waals surface area contributed by atoms with Crippen LogP contribution in [0.25, 0.3) is 10.9 Å². The maximum atomic E-state index is 11.4. The zero-order valence-electron chi connectivity index (χ0n) is 22.1. The van der Waals surface area contributed by atoms with Gasteiger partial charge in [-0.2, -0.15) is 11.8 Å². The van der Waals surface area contributed by atoms with Gasteiger partial charge in [0.25, 0.3) is 0 Å². The molecule has 0 bridgehead atoms. The molecular formula is C32H35ClN2O2S. The summed E-state index contributed by atoms with van der Waals surface area (Å²) in [4.78, 5) is 20.6. The second-order valence-electron chi connectivity index (χ2n) is 10.6. The predicted octanol–water partition coefficient (Wildman–Crippen LogP) is 8.37. The van der Waals surface area contributed by atoms with Gasteiger partial charge in [-0.3, -0.25) is 14.8 Å². The molecule has 1 N–H and O–H groups in total. The maximum absolute atomic E-state index is 11.4. The summed E-state index contributed by atoms with van der Waals surface area (Å²) in [5.74, 6) is 0.232. The van der Waals surface area contributed by atoms with E-state index in [0.29, 0.717) is 10.3 Å². The fourth-order valence-electron chi connectivity index (χ4n) is 4.71. The average Bonchev–Trinajstić information content (AvgIpc) is 2.89. The molecule has 0 saturated heterocycles. The Morgan fingerprint density at radius 1 is 0.974 bits per heavy atom. The molecule has 4 rings (SSSR count). The van der Waals surface area contributed by atoms with Crippen LogP contribution < -0.4 is 0 Å². The molecule has 2 aromatic heterocycles. The molecule has 2 heterocycles. The smallest absolute Gasteiger partial charge is 0.303 e. The zero-order chi connectivity index (χ0) is 27.0. The lowest BCUT2D eigenvalue weighted by molar-refractivity contribution is -0.139. The highest BCUT2D eigenvalue weighted by atomic mass is 35.5. The number of aromatic nitrogens is 2. The number of fused-ring (bicyclic) bond motifs is 1. The minimum Gasteiger partial charge on any atom is -0.481 e.